The molecule has 2 heterocycles. The Labute approximate surface area is 151 Å². The molecule has 2 aliphatic rings. The van der Waals surface area contributed by atoms with Crippen LogP contribution in [0.5, 0.6) is 11.5 Å². The molecule has 0 unspecified atom stereocenters. The van der Waals surface area contributed by atoms with Crippen molar-refractivity contribution in [3.63, 3.8) is 0 Å². The second-order valence-corrected chi connectivity index (χ2v) is 6.52. The van der Waals surface area contributed by atoms with E-state index in [9.17, 15) is 9.59 Å². The minimum absolute atomic E-state index is 0.0267. The van der Waals surface area contributed by atoms with Crippen LogP contribution in [0.2, 0.25) is 0 Å². The summed E-state index contributed by atoms with van der Waals surface area (Å²) in [6, 6.07) is 14.7. The number of carbonyl (C=O) groups is 2. The van der Waals surface area contributed by atoms with E-state index in [1.807, 2.05) is 30.3 Å². The minimum atomic E-state index is -0.442. The molecular formula is C20H20N2O4. The Hall–Kier alpha value is -3.02. The number of rotatable bonds is 3. The van der Waals surface area contributed by atoms with Gasteiger partial charge in [0.1, 0.15) is 13.2 Å². The minimum Gasteiger partial charge on any atom is -0.486 e. The molecule has 2 aliphatic heterocycles. The lowest BCUT2D eigenvalue weighted by molar-refractivity contribution is -0.127. The molecule has 0 radical (unpaired) electrons. The first-order valence-corrected chi connectivity index (χ1v) is 8.64. The molecule has 0 spiro atoms. The van der Waals surface area contributed by atoms with Crippen LogP contribution in [0.4, 0.5) is 5.69 Å². The van der Waals surface area contributed by atoms with Crippen LogP contribution in [0.25, 0.3) is 0 Å². The average Bonchev–Trinajstić information content (AvgIpc) is 2.97. The fourth-order valence-corrected chi connectivity index (χ4v) is 3.57. The molecule has 2 amide bonds. The van der Waals surface area contributed by atoms with E-state index in [4.69, 9.17) is 9.47 Å². The third-order valence-electron chi connectivity index (χ3n) is 4.87. The monoisotopic (exact) mass is 352 g/mol. The van der Waals surface area contributed by atoms with Crippen molar-refractivity contribution in [2.75, 3.05) is 25.6 Å². The van der Waals surface area contributed by atoms with Gasteiger partial charge in [-0.05, 0) is 17.7 Å². The molecule has 0 aliphatic carbocycles. The Morgan fingerprint density at radius 1 is 1.08 bits per heavy atom. The molecule has 0 bridgehead atoms. The molecule has 1 N–H and O–H groups in total. The van der Waals surface area contributed by atoms with Crippen molar-refractivity contribution in [1.29, 1.82) is 0 Å². The van der Waals surface area contributed by atoms with E-state index in [0.717, 1.165) is 5.56 Å². The first kappa shape index (κ1) is 16.4. The summed E-state index contributed by atoms with van der Waals surface area (Å²) in [5.41, 5.74) is 1.59. The summed E-state index contributed by atoms with van der Waals surface area (Å²) in [6.07, 6.45) is 0.201. The molecule has 2 atom stereocenters. The van der Waals surface area contributed by atoms with E-state index in [2.05, 4.69) is 5.32 Å². The maximum Gasteiger partial charge on any atom is 0.230 e. The molecule has 1 saturated heterocycles. The van der Waals surface area contributed by atoms with Crippen LogP contribution in [0, 0.1) is 5.92 Å². The Morgan fingerprint density at radius 3 is 2.58 bits per heavy atom. The van der Waals surface area contributed by atoms with Crippen molar-refractivity contribution in [2.24, 2.45) is 5.92 Å². The molecule has 4 rings (SSSR count). The lowest BCUT2D eigenvalue weighted by Gasteiger charge is -2.25. The van der Waals surface area contributed by atoms with Crippen LogP contribution in [-0.4, -0.2) is 37.0 Å². The Bertz CT molecular complexity index is 837. The molecule has 134 valence electrons. The number of amides is 2. The SMILES string of the molecule is CN1C(=O)C[C@H](C(=O)Nc2ccc3c(c2)OCCO3)[C@@H]1c1ccccc1. The zero-order valence-electron chi connectivity index (χ0n) is 14.5. The van der Waals surface area contributed by atoms with Crippen LogP contribution in [0.15, 0.2) is 48.5 Å². The first-order chi connectivity index (χ1) is 12.6. The summed E-state index contributed by atoms with van der Waals surface area (Å²) < 4.78 is 11.1. The topological polar surface area (TPSA) is 67.9 Å². The van der Waals surface area contributed by atoms with Crippen LogP contribution in [0.1, 0.15) is 18.0 Å². The number of nitrogens with zero attached hydrogens (tertiary/aromatic N) is 1. The molecule has 26 heavy (non-hydrogen) atoms. The van der Waals surface area contributed by atoms with Gasteiger partial charge in [-0.1, -0.05) is 30.3 Å². The van der Waals surface area contributed by atoms with Gasteiger partial charge in [-0.15, -0.1) is 0 Å². The van der Waals surface area contributed by atoms with Crippen LogP contribution in [0.3, 0.4) is 0 Å². The van der Waals surface area contributed by atoms with Crippen molar-refractivity contribution >= 4 is 17.5 Å². The summed E-state index contributed by atoms with van der Waals surface area (Å²) in [7, 11) is 1.75. The van der Waals surface area contributed by atoms with Gasteiger partial charge in [-0.3, -0.25) is 9.59 Å². The number of likely N-dealkylation sites (tertiary alicyclic amines) is 1. The Morgan fingerprint density at radius 2 is 1.81 bits per heavy atom. The summed E-state index contributed by atoms with van der Waals surface area (Å²) >= 11 is 0. The van der Waals surface area contributed by atoms with Crippen molar-refractivity contribution in [3.8, 4) is 11.5 Å². The van der Waals surface area contributed by atoms with Crippen LogP contribution in [-0.2, 0) is 9.59 Å². The first-order valence-electron chi connectivity index (χ1n) is 8.64. The lowest BCUT2D eigenvalue weighted by Crippen LogP contribution is -2.30. The maximum atomic E-state index is 12.9. The van der Waals surface area contributed by atoms with Gasteiger partial charge in [-0.2, -0.15) is 0 Å². The fourth-order valence-electron chi connectivity index (χ4n) is 3.57. The van der Waals surface area contributed by atoms with Gasteiger partial charge in [0.2, 0.25) is 11.8 Å². The van der Waals surface area contributed by atoms with Gasteiger partial charge < -0.3 is 19.7 Å². The van der Waals surface area contributed by atoms with Crippen molar-refractivity contribution < 1.29 is 19.1 Å². The molecule has 2 aromatic rings. The highest BCUT2D eigenvalue weighted by Crippen LogP contribution is 2.38. The van der Waals surface area contributed by atoms with Gasteiger partial charge in [0.15, 0.2) is 11.5 Å². The highest BCUT2D eigenvalue weighted by molar-refractivity contribution is 5.98. The normalized spacial score (nSPS) is 21.6. The summed E-state index contributed by atoms with van der Waals surface area (Å²) in [6.45, 7) is 1.01. The average molecular weight is 352 g/mol. The molecule has 6 heteroatoms. The van der Waals surface area contributed by atoms with E-state index in [0.29, 0.717) is 30.4 Å². The van der Waals surface area contributed by atoms with Gasteiger partial charge >= 0.3 is 0 Å². The standard InChI is InChI=1S/C20H20N2O4/c1-22-18(23)12-15(19(22)13-5-3-2-4-6-13)20(24)21-14-7-8-16-17(11-14)26-10-9-25-16/h2-8,11,15,19H,9-10,12H2,1H3,(H,21,24)/t15-,19-/m0/s1. The number of hydrogen-bond donors (Lipinski definition) is 1. The van der Waals surface area contributed by atoms with Gasteiger partial charge in [0.05, 0.1) is 12.0 Å². The number of hydrogen-bond acceptors (Lipinski definition) is 4. The molecule has 1 fully saturated rings. The highest BCUT2D eigenvalue weighted by Gasteiger charge is 2.42. The third-order valence-corrected chi connectivity index (χ3v) is 4.87. The van der Waals surface area contributed by atoms with E-state index in [1.165, 1.54) is 0 Å². The predicted molar refractivity (Wildman–Crippen MR) is 96.1 cm³/mol. The Kier molecular flexibility index (Phi) is 4.24. The largest absolute Gasteiger partial charge is 0.486 e. The Balaban J connectivity index is 1.56. The second kappa shape index (κ2) is 6.71. The maximum absolute atomic E-state index is 12.9. The number of anilines is 1. The number of nitrogens with one attached hydrogen (secondary N) is 1. The number of fused-ring (bicyclic) bond motifs is 1. The van der Waals surface area contributed by atoms with Crippen molar-refractivity contribution in [1.82, 2.24) is 4.90 Å². The molecular weight excluding hydrogens is 332 g/mol. The van der Waals surface area contributed by atoms with E-state index in [-0.39, 0.29) is 24.3 Å². The van der Waals surface area contributed by atoms with Gasteiger partial charge in [-0.25, -0.2) is 0 Å². The zero-order chi connectivity index (χ0) is 18.1. The zero-order valence-corrected chi connectivity index (χ0v) is 14.5. The van der Waals surface area contributed by atoms with Crippen LogP contribution >= 0.6 is 0 Å². The highest BCUT2D eigenvalue weighted by atomic mass is 16.6. The van der Waals surface area contributed by atoms with Crippen molar-refractivity contribution in [3.05, 3.63) is 54.1 Å². The van der Waals surface area contributed by atoms with E-state index < -0.39 is 5.92 Å². The number of carbonyl (C=O) groups excluding carboxylic acids is 2. The summed E-state index contributed by atoms with van der Waals surface area (Å²) in [5, 5.41) is 2.92. The van der Waals surface area contributed by atoms with E-state index >= 15 is 0 Å². The lowest BCUT2D eigenvalue weighted by atomic mass is 9.93. The number of ether oxygens (including phenoxy) is 2. The predicted octanol–water partition coefficient (Wildman–Crippen LogP) is 2.62. The molecule has 2 aromatic carbocycles. The van der Waals surface area contributed by atoms with Crippen molar-refractivity contribution in [2.45, 2.75) is 12.5 Å². The molecule has 6 nitrogen and oxygen atoms in total. The quantitative estimate of drug-likeness (QED) is 0.922. The third kappa shape index (κ3) is 2.98. The fraction of sp³-hybridized carbons (Fsp3) is 0.300. The summed E-state index contributed by atoms with van der Waals surface area (Å²) in [5.74, 6) is 0.651. The molecule has 0 aromatic heterocycles. The van der Waals surface area contributed by atoms with Gasteiger partial charge in [0, 0.05) is 25.2 Å². The van der Waals surface area contributed by atoms with Gasteiger partial charge in [0.25, 0.3) is 0 Å². The van der Waals surface area contributed by atoms with E-state index in [1.54, 1.807) is 30.1 Å². The summed E-state index contributed by atoms with van der Waals surface area (Å²) in [4.78, 5) is 26.8. The number of benzene rings is 2. The second-order valence-electron chi connectivity index (χ2n) is 6.52. The van der Waals surface area contributed by atoms with Crippen LogP contribution < -0.4 is 14.8 Å². The molecule has 0 saturated carbocycles. The smallest absolute Gasteiger partial charge is 0.230 e.